The zero-order valence-electron chi connectivity index (χ0n) is 9.48. The number of unbranched alkanes of at least 4 members (excludes halogenated alkanes) is 2. The predicted octanol–water partition coefficient (Wildman–Crippen LogP) is 4.70. The van der Waals surface area contributed by atoms with E-state index >= 15 is 0 Å². The number of hydrogen-bond acceptors (Lipinski definition) is 0. The fourth-order valence-electron chi connectivity index (χ4n) is 1.64. The molecule has 0 amide bonds. The third-order valence-corrected chi connectivity index (χ3v) is 2.95. The molecule has 1 rings (SSSR count). The summed E-state index contributed by atoms with van der Waals surface area (Å²) < 4.78 is 26.0. The van der Waals surface area contributed by atoms with E-state index in [1.165, 1.54) is 12.1 Å². The van der Waals surface area contributed by atoms with Crippen molar-refractivity contribution < 1.29 is 8.78 Å². The van der Waals surface area contributed by atoms with Crippen molar-refractivity contribution in [2.24, 2.45) is 0 Å². The molecular formula is C13H17ClF2. The van der Waals surface area contributed by atoms with Gasteiger partial charge in [-0.1, -0.05) is 32.3 Å². The average molecular weight is 247 g/mol. The minimum Gasteiger partial charge on any atom is -0.207 e. The molecule has 0 spiro atoms. The lowest BCUT2D eigenvalue weighted by atomic mass is 10.0. The molecule has 0 nitrogen and oxygen atoms in total. The Balaban J connectivity index is 2.46. The summed E-state index contributed by atoms with van der Waals surface area (Å²) in [4.78, 5) is 0. The summed E-state index contributed by atoms with van der Waals surface area (Å²) >= 11 is 6.10. The van der Waals surface area contributed by atoms with E-state index in [0.29, 0.717) is 12.0 Å². The van der Waals surface area contributed by atoms with Gasteiger partial charge in [0.25, 0.3) is 0 Å². The van der Waals surface area contributed by atoms with Gasteiger partial charge in [-0.25, -0.2) is 8.78 Å². The second-order valence-electron chi connectivity index (χ2n) is 4.03. The van der Waals surface area contributed by atoms with Gasteiger partial charge in [0, 0.05) is 11.4 Å². The maximum Gasteiger partial charge on any atom is 0.129 e. The Labute approximate surface area is 101 Å². The van der Waals surface area contributed by atoms with Crippen LogP contribution in [0.15, 0.2) is 18.2 Å². The third-order valence-electron chi connectivity index (χ3n) is 2.58. The minimum absolute atomic E-state index is 0.0634. The van der Waals surface area contributed by atoms with Crippen molar-refractivity contribution in [1.82, 2.24) is 0 Å². The predicted molar refractivity (Wildman–Crippen MR) is 63.8 cm³/mol. The monoisotopic (exact) mass is 246 g/mol. The van der Waals surface area contributed by atoms with Crippen LogP contribution < -0.4 is 0 Å². The Kier molecular flexibility index (Phi) is 5.75. The molecule has 1 atom stereocenters. The van der Waals surface area contributed by atoms with Crippen LogP contribution in [0.4, 0.5) is 8.78 Å². The van der Waals surface area contributed by atoms with E-state index in [-0.39, 0.29) is 5.38 Å². The van der Waals surface area contributed by atoms with Crippen LogP contribution in [-0.2, 0) is 6.42 Å². The lowest BCUT2D eigenvalue weighted by molar-refractivity contribution is 0.564. The smallest absolute Gasteiger partial charge is 0.129 e. The van der Waals surface area contributed by atoms with Gasteiger partial charge in [0.1, 0.15) is 11.6 Å². The first-order valence-electron chi connectivity index (χ1n) is 5.71. The van der Waals surface area contributed by atoms with Gasteiger partial charge in [0.2, 0.25) is 0 Å². The Morgan fingerprint density at radius 1 is 1.25 bits per heavy atom. The Morgan fingerprint density at radius 3 is 2.62 bits per heavy atom. The van der Waals surface area contributed by atoms with E-state index in [4.69, 9.17) is 11.6 Å². The molecule has 1 unspecified atom stereocenters. The summed E-state index contributed by atoms with van der Waals surface area (Å²) in [6.45, 7) is 2.13. The molecular weight excluding hydrogens is 230 g/mol. The van der Waals surface area contributed by atoms with Gasteiger partial charge >= 0.3 is 0 Å². The molecule has 0 N–H and O–H groups in total. The largest absolute Gasteiger partial charge is 0.207 e. The zero-order valence-corrected chi connectivity index (χ0v) is 10.2. The van der Waals surface area contributed by atoms with E-state index in [2.05, 4.69) is 6.92 Å². The first kappa shape index (κ1) is 13.4. The normalized spacial score (nSPS) is 12.8. The second-order valence-corrected chi connectivity index (χ2v) is 4.65. The van der Waals surface area contributed by atoms with Crippen molar-refractivity contribution >= 4 is 11.6 Å². The SMILES string of the molecule is CCCCCC(Cl)Cc1ccc(F)cc1F. The molecule has 0 saturated carbocycles. The van der Waals surface area contributed by atoms with Gasteiger partial charge in [-0.15, -0.1) is 11.6 Å². The molecule has 1 aromatic rings. The molecule has 0 saturated heterocycles. The minimum atomic E-state index is -0.543. The molecule has 0 aromatic heterocycles. The molecule has 0 heterocycles. The summed E-state index contributed by atoms with van der Waals surface area (Å²) in [7, 11) is 0. The van der Waals surface area contributed by atoms with Gasteiger partial charge in [0.15, 0.2) is 0 Å². The van der Waals surface area contributed by atoms with Crippen LogP contribution in [-0.4, -0.2) is 5.38 Å². The van der Waals surface area contributed by atoms with E-state index in [1.54, 1.807) is 0 Å². The van der Waals surface area contributed by atoms with Crippen molar-refractivity contribution in [3.8, 4) is 0 Å². The second kappa shape index (κ2) is 6.85. The molecule has 3 heteroatoms. The summed E-state index contributed by atoms with van der Waals surface area (Å²) in [5.41, 5.74) is 0.498. The molecule has 0 bridgehead atoms. The van der Waals surface area contributed by atoms with Crippen molar-refractivity contribution in [2.75, 3.05) is 0 Å². The van der Waals surface area contributed by atoms with Crippen molar-refractivity contribution in [3.63, 3.8) is 0 Å². The van der Waals surface area contributed by atoms with Crippen LogP contribution in [0.2, 0.25) is 0 Å². The lowest BCUT2D eigenvalue weighted by Gasteiger charge is -2.09. The van der Waals surface area contributed by atoms with Gasteiger partial charge < -0.3 is 0 Å². The highest BCUT2D eigenvalue weighted by Gasteiger charge is 2.10. The molecule has 0 aliphatic carbocycles. The highest BCUT2D eigenvalue weighted by molar-refractivity contribution is 6.20. The first-order chi connectivity index (χ1) is 7.63. The van der Waals surface area contributed by atoms with E-state index in [1.807, 2.05) is 0 Å². The van der Waals surface area contributed by atoms with E-state index in [0.717, 1.165) is 31.7 Å². The van der Waals surface area contributed by atoms with Crippen molar-refractivity contribution in [1.29, 1.82) is 0 Å². The molecule has 1 aromatic carbocycles. The lowest BCUT2D eigenvalue weighted by Crippen LogP contribution is -2.05. The summed E-state index contributed by atoms with van der Waals surface area (Å²) in [5.74, 6) is -1.04. The number of alkyl halides is 1. The van der Waals surface area contributed by atoms with Crippen LogP contribution in [0.25, 0.3) is 0 Å². The average Bonchev–Trinajstić information content (AvgIpc) is 2.23. The van der Waals surface area contributed by atoms with Gasteiger partial charge in [-0.2, -0.15) is 0 Å². The maximum absolute atomic E-state index is 13.3. The summed E-state index contributed by atoms with van der Waals surface area (Å²) in [5, 5.41) is -0.0634. The fourth-order valence-corrected chi connectivity index (χ4v) is 1.96. The summed E-state index contributed by atoms with van der Waals surface area (Å²) in [6, 6.07) is 3.65. The topological polar surface area (TPSA) is 0 Å². The quantitative estimate of drug-likeness (QED) is 0.504. The number of benzene rings is 1. The maximum atomic E-state index is 13.3. The molecule has 0 radical (unpaired) electrons. The fraction of sp³-hybridized carbons (Fsp3) is 0.538. The number of halogens is 3. The Morgan fingerprint density at radius 2 is 2.00 bits per heavy atom. The van der Waals surface area contributed by atoms with Crippen LogP contribution >= 0.6 is 11.6 Å². The van der Waals surface area contributed by atoms with Gasteiger partial charge in [-0.05, 0) is 24.5 Å². The molecule has 0 aliphatic rings. The molecule has 90 valence electrons. The number of rotatable bonds is 6. The van der Waals surface area contributed by atoms with E-state index < -0.39 is 11.6 Å². The standard InChI is InChI=1S/C13H17ClF2/c1-2-3-4-5-11(14)8-10-6-7-12(15)9-13(10)16/h6-7,9,11H,2-5,8H2,1H3. The van der Waals surface area contributed by atoms with Crippen LogP contribution in [0.1, 0.15) is 38.2 Å². The Bertz CT molecular complexity index is 326. The Hall–Kier alpha value is -0.630. The first-order valence-corrected chi connectivity index (χ1v) is 6.15. The van der Waals surface area contributed by atoms with Crippen molar-refractivity contribution in [2.45, 2.75) is 44.4 Å². The summed E-state index contributed by atoms with van der Waals surface area (Å²) in [6.07, 6.45) is 4.71. The zero-order chi connectivity index (χ0) is 12.0. The van der Waals surface area contributed by atoms with E-state index in [9.17, 15) is 8.78 Å². The van der Waals surface area contributed by atoms with Crippen LogP contribution in [0.5, 0.6) is 0 Å². The van der Waals surface area contributed by atoms with Crippen molar-refractivity contribution in [3.05, 3.63) is 35.4 Å². The molecule has 16 heavy (non-hydrogen) atoms. The van der Waals surface area contributed by atoms with Crippen LogP contribution in [0, 0.1) is 11.6 Å². The molecule has 0 fully saturated rings. The van der Waals surface area contributed by atoms with Gasteiger partial charge in [-0.3, -0.25) is 0 Å². The highest BCUT2D eigenvalue weighted by atomic mass is 35.5. The third kappa shape index (κ3) is 4.48. The highest BCUT2D eigenvalue weighted by Crippen LogP contribution is 2.18. The van der Waals surface area contributed by atoms with Gasteiger partial charge in [0.05, 0.1) is 0 Å². The van der Waals surface area contributed by atoms with Crippen LogP contribution in [0.3, 0.4) is 0 Å². The number of hydrogen-bond donors (Lipinski definition) is 0. The molecule has 0 aliphatic heterocycles.